The lowest BCUT2D eigenvalue weighted by Crippen LogP contribution is -2.22. The molecule has 1 unspecified atom stereocenters. The van der Waals surface area contributed by atoms with Crippen LogP contribution in [0.5, 0.6) is 0 Å². The molecule has 1 atom stereocenters. The van der Waals surface area contributed by atoms with E-state index in [4.69, 9.17) is 5.73 Å². The van der Waals surface area contributed by atoms with Crippen LogP contribution in [-0.4, -0.2) is 14.2 Å². The number of aryl methyl sites for hydroxylation is 2. The lowest BCUT2D eigenvalue weighted by molar-refractivity contribution is 0.589. The van der Waals surface area contributed by atoms with Crippen LogP contribution in [0.4, 0.5) is 0 Å². The zero-order valence-electron chi connectivity index (χ0n) is 12.0. The first-order chi connectivity index (χ1) is 9.79. The van der Waals surface area contributed by atoms with Crippen molar-refractivity contribution in [3.8, 4) is 0 Å². The maximum Gasteiger partial charge on any atom is 0.180 e. The number of hydrogen-bond acceptors (Lipinski definition) is 3. The van der Waals surface area contributed by atoms with Gasteiger partial charge in [0, 0.05) is 10.5 Å². The molecule has 3 nitrogen and oxygen atoms in total. The summed E-state index contributed by atoms with van der Waals surface area (Å²) < 4.78 is 25.6. The van der Waals surface area contributed by atoms with E-state index in [1.165, 1.54) is 5.56 Å². The first kappa shape index (κ1) is 16.2. The first-order valence-corrected chi connectivity index (χ1v) is 9.05. The fraction of sp³-hybridized carbons (Fsp3) is 0.250. The molecule has 0 aliphatic rings. The number of benzene rings is 2. The summed E-state index contributed by atoms with van der Waals surface area (Å²) in [5.74, 6) is -0.100. The van der Waals surface area contributed by atoms with Crippen LogP contribution in [0.3, 0.4) is 0 Å². The Labute approximate surface area is 134 Å². The average molecular weight is 368 g/mol. The monoisotopic (exact) mass is 367 g/mol. The molecule has 0 saturated carbocycles. The molecule has 0 amide bonds. The molecule has 2 aromatic carbocycles. The third-order valence-electron chi connectivity index (χ3n) is 3.53. The van der Waals surface area contributed by atoms with Gasteiger partial charge in [-0.05, 0) is 54.8 Å². The normalized spacial score (nSPS) is 13.1. The van der Waals surface area contributed by atoms with E-state index in [2.05, 4.69) is 15.9 Å². The molecule has 0 saturated heterocycles. The highest BCUT2D eigenvalue weighted by Crippen LogP contribution is 2.21. The van der Waals surface area contributed by atoms with E-state index >= 15 is 0 Å². The van der Waals surface area contributed by atoms with Gasteiger partial charge in [-0.1, -0.05) is 34.1 Å². The number of halogens is 1. The Morgan fingerprint density at radius 3 is 2.24 bits per heavy atom. The molecule has 0 aliphatic heterocycles. The van der Waals surface area contributed by atoms with Crippen molar-refractivity contribution in [1.29, 1.82) is 0 Å². The number of rotatable bonds is 4. The third-order valence-corrected chi connectivity index (χ3v) is 5.85. The zero-order valence-corrected chi connectivity index (χ0v) is 14.4. The Balaban J connectivity index is 2.23. The van der Waals surface area contributed by atoms with Crippen LogP contribution in [-0.2, 0) is 9.84 Å². The van der Waals surface area contributed by atoms with E-state index in [0.29, 0.717) is 4.90 Å². The van der Waals surface area contributed by atoms with E-state index in [0.717, 1.165) is 15.6 Å². The first-order valence-electron chi connectivity index (χ1n) is 6.60. The predicted octanol–water partition coefficient (Wildman–Crippen LogP) is 3.54. The maximum atomic E-state index is 12.4. The molecule has 0 spiro atoms. The van der Waals surface area contributed by atoms with Gasteiger partial charge in [0.1, 0.15) is 0 Å². The van der Waals surface area contributed by atoms with Crippen LogP contribution < -0.4 is 5.73 Å². The molecular weight excluding hydrogens is 350 g/mol. The smallest absolute Gasteiger partial charge is 0.180 e. The van der Waals surface area contributed by atoms with Gasteiger partial charge < -0.3 is 5.73 Å². The van der Waals surface area contributed by atoms with Gasteiger partial charge in [0.15, 0.2) is 9.84 Å². The van der Waals surface area contributed by atoms with Crippen LogP contribution in [0.2, 0.25) is 0 Å². The fourth-order valence-electron chi connectivity index (χ4n) is 2.07. The second-order valence-corrected chi connectivity index (χ2v) is 8.14. The van der Waals surface area contributed by atoms with E-state index in [-0.39, 0.29) is 5.75 Å². The molecule has 0 aliphatic carbocycles. The molecule has 2 N–H and O–H groups in total. The quantitative estimate of drug-likeness (QED) is 0.898. The molecule has 0 fully saturated rings. The molecule has 21 heavy (non-hydrogen) atoms. The molecule has 0 aromatic heterocycles. The highest BCUT2D eigenvalue weighted by molar-refractivity contribution is 9.10. The topological polar surface area (TPSA) is 60.2 Å². The van der Waals surface area contributed by atoms with Gasteiger partial charge in [-0.25, -0.2) is 8.42 Å². The highest BCUT2D eigenvalue weighted by atomic mass is 79.9. The third kappa shape index (κ3) is 3.93. The molecule has 2 rings (SSSR count). The summed E-state index contributed by atoms with van der Waals surface area (Å²) in [7, 11) is -3.39. The van der Waals surface area contributed by atoms with Crippen LogP contribution >= 0.6 is 15.9 Å². The zero-order chi connectivity index (χ0) is 15.6. The Kier molecular flexibility index (Phi) is 4.86. The van der Waals surface area contributed by atoms with Gasteiger partial charge in [-0.3, -0.25) is 0 Å². The van der Waals surface area contributed by atoms with Gasteiger partial charge in [0.25, 0.3) is 0 Å². The van der Waals surface area contributed by atoms with Gasteiger partial charge >= 0.3 is 0 Å². The van der Waals surface area contributed by atoms with Crippen LogP contribution in [0.25, 0.3) is 0 Å². The minimum atomic E-state index is -3.39. The van der Waals surface area contributed by atoms with Crippen molar-refractivity contribution >= 4 is 25.8 Å². The lowest BCUT2D eigenvalue weighted by atomic mass is 10.0. The highest BCUT2D eigenvalue weighted by Gasteiger charge is 2.20. The van der Waals surface area contributed by atoms with E-state index < -0.39 is 15.9 Å². The molecular formula is C16H18BrNO2S. The van der Waals surface area contributed by atoms with Crippen molar-refractivity contribution in [3.63, 3.8) is 0 Å². The van der Waals surface area contributed by atoms with Crippen molar-refractivity contribution in [2.45, 2.75) is 24.8 Å². The van der Waals surface area contributed by atoms with Crippen molar-refractivity contribution in [2.24, 2.45) is 5.73 Å². The van der Waals surface area contributed by atoms with Crippen molar-refractivity contribution in [3.05, 3.63) is 63.6 Å². The van der Waals surface area contributed by atoms with Gasteiger partial charge in [-0.15, -0.1) is 0 Å². The average Bonchev–Trinajstić information content (AvgIpc) is 2.41. The van der Waals surface area contributed by atoms with Crippen LogP contribution in [0.15, 0.2) is 51.8 Å². The standard InChI is InChI=1S/C16H18BrNO2S/c1-11-3-4-13(9-12(11)2)16(18)10-21(19,20)15-7-5-14(17)6-8-15/h3-9,16H,10,18H2,1-2H3. The molecule has 0 radical (unpaired) electrons. The summed E-state index contributed by atoms with van der Waals surface area (Å²) in [6.45, 7) is 4.01. The summed E-state index contributed by atoms with van der Waals surface area (Å²) in [5.41, 5.74) is 9.21. The molecule has 112 valence electrons. The van der Waals surface area contributed by atoms with Gasteiger partial charge in [0.2, 0.25) is 0 Å². The van der Waals surface area contributed by atoms with E-state index in [1.54, 1.807) is 24.3 Å². The molecule has 0 bridgehead atoms. The van der Waals surface area contributed by atoms with Gasteiger partial charge in [-0.2, -0.15) is 0 Å². The van der Waals surface area contributed by atoms with Crippen molar-refractivity contribution in [1.82, 2.24) is 0 Å². The predicted molar refractivity (Wildman–Crippen MR) is 89.0 cm³/mol. The minimum absolute atomic E-state index is 0.100. The van der Waals surface area contributed by atoms with Crippen LogP contribution in [0, 0.1) is 13.8 Å². The number of hydrogen-bond donors (Lipinski definition) is 1. The second kappa shape index (κ2) is 6.30. The Morgan fingerprint density at radius 2 is 1.67 bits per heavy atom. The summed E-state index contributed by atoms with van der Waals surface area (Å²) in [4.78, 5) is 0.296. The number of nitrogens with two attached hydrogens (primary N) is 1. The Morgan fingerprint density at radius 1 is 1.05 bits per heavy atom. The fourth-order valence-corrected chi connectivity index (χ4v) is 3.74. The Bertz CT molecular complexity index is 739. The molecule has 0 heterocycles. The second-order valence-electron chi connectivity index (χ2n) is 5.19. The largest absolute Gasteiger partial charge is 0.323 e. The summed E-state index contributed by atoms with van der Waals surface area (Å²) in [5, 5.41) is 0. The molecule has 5 heteroatoms. The Hall–Kier alpha value is -1.17. The lowest BCUT2D eigenvalue weighted by Gasteiger charge is -2.14. The van der Waals surface area contributed by atoms with Crippen molar-refractivity contribution < 1.29 is 8.42 Å². The number of sulfone groups is 1. The minimum Gasteiger partial charge on any atom is -0.323 e. The summed E-state index contributed by atoms with van der Waals surface area (Å²) >= 11 is 3.29. The van der Waals surface area contributed by atoms with E-state index in [9.17, 15) is 8.42 Å². The maximum absolute atomic E-state index is 12.4. The van der Waals surface area contributed by atoms with Gasteiger partial charge in [0.05, 0.1) is 10.6 Å². The molecule has 2 aromatic rings. The SMILES string of the molecule is Cc1ccc(C(N)CS(=O)(=O)c2ccc(Br)cc2)cc1C. The van der Waals surface area contributed by atoms with Crippen molar-refractivity contribution in [2.75, 3.05) is 5.75 Å². The van der Waals surface area contributed by atoms with E-state index in [1.807, 2.05) is 32.0 Å². The summed E-state index contributed by atoms with van der Waals surface area (Å²) in [6, 6.07) is 11.9. The van der Waals surface area contributed by atoms with Crippen LogP contribution in [0.1, 0.15) is 22.7 Å². The summed E-state index contributed by atoms with van der Waals surface area (Å²) in [6.07, 6.45) is 0.